The van der Waals surface area contributed by atoms with Crippen LogP contribution in [0.1, 0.15) is 30.5 Å². The molecule has 0 saturated carbocycles. The third kappa shape index (κ3) is 2.55. The molecule has 3 rings (SSSR count). The maximum absolute atomic E-state index is 6.06. The van der Waals surface area contributed by atoms with Crippen LogP contribution in [0.2, 0.25) is 0 Å². The smallest absolute Gasteiger partial charge is 0.134 e. The van der Waals surface area contributed by atoms with Crippen molar-refractivity contribution in [2.45, 2.75) is 20.3 Å². The van der Waals surface area contributed by atoms with E-state index in [0.717, 1.165) is 29.0 Å². The highest BCUT2D eigenvalue weighted by atomic mass is 16.5. The second-order valence-electron chi connectivity index (χ2n) is 5.44. The van der Waals surface area contributed by atoms with Crippen molar-refractivity contribution in [1.82, 2.24) is 0 Å². The van der Waals surface area contributed by atoms with E-state index in [1.54, 1.807) is 0 Å². The fraction of sp³-hybridized carbons (Fsp3) is 0.222. The average molecular weight is 250 g/mol. The minimum atomic E-state index is 0.659. The molecule has 1 heteroatoms. The van der Waals surface area contributed by atoms with Crippen molar-refractivity contribution in [3.8, 4) is 11.5 Å². The van der Waals surface area contributed by atoms with Crippen LogP contribution in [0.3, 0.4) is 0 Å². The zero-order chi connectivity index (χ0) is 13.2. The summed E-state index contributed by atoms with van der Waals surface area (Å²) in [6, 6.07) is 14.7. The molecule has 0 aliphatic carbocycles. The third-order valence-electron chi connectivity index (χ3n) is 3.30. The first-order valence-corrected chi connectivity index (χ1v) is 6.80. The average Bonchev–Trinajstić information content (AvgIpc) is 2.56. The summed E-state index contributed by atoms with van der Waals surface area (Å²) in [6.45, 7) is 4.48. The van der Waals surface area contributed by atoms with Crippen LogP contribution in [0.5, 0.6) is 11.5 Å². The van der Waals surface area contributed by atoms with Gasteiger partial charge in [0.25, 0.3) is 0 Å². The number of hydrogen-bond donors (Lipinski definition) is 0. The number of hydrogen-bond acceptors (Lipinski definition) is 1. The number of para-hydroxylation sites is 1. The SMILES string of the molecule is CC(C)Cc1ccc2c(c1)Oc1ccccc1C=C2. The van der Waals surface area contributed by atoms with Crippen LogP contribution < -0.4 is 4.74 Å². The van der Waals surface area contributed by atoms with E-state index in [1.165, 1.54) is 5.56 Å². The molecule has 2 aromatic carbocycles. The van der Waals surface area contributed by atoms with E-state index < -0.39 is 0 Å². The van der Waals surface area contributed by atoms with Crippen LogP contribution >= 0.6 is 0 Å². The Hall–Kier alpha value is -2.02. The van der Waals surface area contributed by atoms with Gasteiger partial charge in [0.05, 0.1) is 0 Å². The van der Waals surface area contributed by atoms with Crippen LogP contribution in [-0.2, 0) is 6.42 Å². The number of rotatable bonds is 2. The Kier molecular flexibility index (Phi) is 3.12. The second kappa shape index (κ2) is 4.93. The first-order chi connectivity index (χ1) is 9.22. The molecule has 0 radical (unpaired) electrons. The molecule has 0 fully saturated rings. The standard InChI is InChI=1S/C18H18O/c1-13(2)11-14-7-8-16-10-9-15-5-3-4-6-17(15)19-18(16)12-14/h3-10,12-13H,11H2,1-2H3. The molecule has 19 heavy (non-hydrogen) atoms. The normalized spacial score (nSPS) is 12.6. The van der Waals surface area contributed by atoms with E-state index in [1.807, 2.05) is 18.2 Å². The highest BCUT2D eigenvalue weighted by Crippen LogP contribution is 2.34. The maximum Gasteiger partial charge on any atom is 0.134 e. The number of fused-ring (bicyclic) bond motifs is 2. The number of benzene rings is 2. The van der Waals surface area contributed by atoms with Gasteiger partial charge in [-0.1, -0.05) is 56.3 Å². The zero-order valence-electron chi connectivity index (χ0n) is 11.4. The number of ether oxygens (including phenoxy) is 1. The Bertz CT molecular complexity index is 623. The Morgan fingerprint density at radius 3 is 2.42 bits per heavy atom. The fourth-order valence-corrected chi connectivity index (χ4v) is 2.41. The van der Waals surface area contributed by atoms with Crippen molar-refractivity contribution in [1.29, 1.82) is 0 Å². The first kappa shape index (κ1) is 12.0. The highest BCUT2D eigenvalue weighted by molar-refractivity contribution is 5.77. The van der Waals surface area contributed by atoms with Crippen molar-refractivity contribution < 1.29 is 4.74 Å². The summed E-state index contributed by atoms with van der Waals surface area (Å²) in [5, 5.41) is 0. The topological polar surface area (TPSA) is 9.23 Å². The lowest BCUT2D eigenvalue weighted by Gasteiger charge is -2.11. The van der Waals surface area contributed by atoms with Gasteiger partial charge >= 0.3 is 0 Å². The predicted molar refractivity (Wildman–Crippen MR) is 80.4 cm³/mol. The predicted octanol–water partition coefficient (Wildman–Crippen LogP) is 5.16. The molecule has 2 aromatic rings. The van der Waals surface area contributed by atoms with Crippen molar-refractivity contribution in [3.05, 3.63) is 59.2 Å². The molecule has 96 valence electrons. The summed E-state index contributed by atoms with van der Waals surface area (Å²) in [5.74, 6) is 2.55. The van der Waals surface area contributed by atoms with Gasteiger partial charge in [0.15, 0.2) is 0 Å². The van der Waals surface area contributed by atoms with Crippen molar-refractivity contribution in [2.24, 2.45) is 5.92 Å². The minimum absolute atomic E-state index is 0.659. The van der Waals surface area contributed by atoms with E-state index in [2.05, 4.69) is 50.3 Å². The summed E-state index contributed by atoms with van der Waals surface area (Å²) in [7, 11) is 0. The minimum Gasteiger partial charge on any atom is -0.456 e. The summed E-state index contributed by atoms with van der Waals surface area (Å²) >= 11 is 0. The molecule has 1 nitrogen and oxygen atoms in total. The van der Waals surface area contributed by atoms with Gasteiger partial charge < -0.3 is 4.74 Å². The molecule has 1 heterocycles. The molecule has 0 N–H and O–H groups in total. The van der Waals surface area contributed by atoms with Crippen LogP contribution in [0, 0.1) is 5.92 Å². The van der Waals surface area contributed by atoms with Gasteiger partial charge in [-0.25, -0.2) is 0 Å². The Balaban J connectivity index is 2.00. The van der Waals surface area contributed by atoms with Crippen LogP contribution in [0.15, 0.2) is 42.5 Å². The second-order valence-corrected chi connectivity index (χ2v) is 5.44. The molecular formula is C18H18O. The van der Waals surface area contributed by atoms with Gasteiger partial charge in [0.2, 0.25) is 0 Å². The van der Waals surface area contributed by atoms with E-state index in [4.69, 9.17) is 4.74 Å². The Morgan fingerprint density at radius 2 is 1.63 bits per heavy atom. The molecule has 0 amide bonds. The van der Waals surface area contributed by atoms with E-state index >= 15 is 0 Å². The zero-order valence-corrected chi connectivity index (χ0v) is 11.4. The van der Waals surface area contributed by atoms with Crippen LogP contribution in [-0.4, -0.2) is 0 Å². The molecule has 1 aliphatic heterocycles. The molecule has 0 aromatic heterocycles. The van der Waals surface area contributed by atoms with Gasteiger partial charge in [0.1, 0.15) is 11.5 Å². The lowest BCUT2D eigenvalue weighted by Crippen LogP contribution is -1.95. The van der Waals surface area contributed by atoms with Crippen molar-refractivity contribution in [2.75, 3.05) is 0 Å². The van der Waals surface area contributed by atoms with E-state index in [-0.39, 0.29) is 0 Å². The van der Waals surface area contributed by atoms with Gasteiger partial charge in [-0.05, 0) is 30.0 Å². The molecule has 1 aliphatic rings. The van der Waals surface area contributed by atoms with Gasteiger partial charge in [-0.15, -0.1) is 0 Å². The molecule has 0 atom stereocenters. The van der Waals surface area contributed by atoms with E-state index in [9.17, 15) is 0 Å². The lowest BCUT2D eigenvalue weighted by molar-refractivity contribution is 0.480. The summed E-state index contributed by atoms with van der Waals surface area (Å²) in [4.78, 5) is 0. The highest BCUT2D eigenvalue weighted by Gasteiger charge is 2.11. The van der Waals surface area contributed by atoms with Crippen molar-refractivity contribution >= 4 is 12.2 Å². The maximum atomic E-state index is 6.06. The van der Waals surface area contributed by atoms with E-state index in [0.29, 0.717) is 5.92 Å². The molecule has 0 unspecified atom stereocenters. The Morgan fingerprint density at radius 1 is 0.895 bits per heavy atom. The summed E-state index contributed by atoms with van der Waals surface area (Å²) in [6.07, 6.45) is 5.33. The van der Waals surface area contributed by atoms with Gasteiger partial charge in [-0.2, -0.15) is 0 Å². The lowest BCUT2D eigenvalue weighted by atomic mass is 10.0. The molecular weight excluding hydrogens is 232 g/mol. The van der Waals surface area contributed by atoms with Gasteiger partial charge in [-0.3, -0.25) is 0 Å². The van der Waals surface area contributed by atoms with Crippen LogP contribution in [0.25, 0.3) is 12.2 Å². The fourth-order valence-electron chi connectivity index (χ4n) is 2.41. The summed E-state index contributed by atoms with van der Waals surface area (Å²) < 4.78 is 6.06. The summed E-state index contributed by atoms with van der Waals surface area (Å²) in [5.41, 5.74) is 3.61. The molecule has 0 spiro atoms. The largest absolute Gasteiger partial charge is 0.456 e. The third-order valence-corrected chi connectivity index (χ3v) is 3.30. The van der Waals surface area contributed by atoms with Gasteiger partial charge in [0, 0.05) is 11.1 Å². The Labute approximate surface area is 114 Å². The van der Waals surface area contributed by atoms with Crippen LogP contribution in [0.4, 0.5) is 0 Å². The quantitative estimate of drug-likeness (QED) is 0.610. The monoisotopic (exact) mass is 250 g/mol. The first-order valence-electron chi connectivity index (χ1n) is 6.80. The molecule has 0 saturated heterocycles. The molecule has 0 bridgehead atoms. The van der Waals surface area contributed by atoms with Crippen molar-refractivity contribution in [3.63, 3.8) is 0 Å².